The number of halogens is 3. The number of alkyl halides is 3. The van der Waals surface area contributed by atoms with Gasteiger partial charge in [-0.1, -0.05) is 11.6 Å². The highest BCUT2D eigenvalue weighted by Crippen LogP contribution is 2.40. The van der Waals surface area contributed by atoms with Gasteiger partial charge in [0, 0.05) is 0 Å². The summed E-state index contributed by atoms with van der Waals surface area (Å²) in [5.74, 6) is -2.37. The van der Waals surface area contributed by atoms with Gasteiger partial charge in [-0.2, -0.15) is 18.4 Å². The molecule has 13 heavy (non-hydrogen) atoms. The summed E-state index contributed by atoms with van der Waals surface area (Å²) in [4.78, 5) is 0. The van der Waals surface area contributed by atoms with E-state index in [0.29, 0.717) is 0 Å². The van der Waals surface area contributed by atoms with Crippen molar-refractivity contribution in [1.82, 2.24) is 0 Å². The summed E-state index contributed by atoms with van der Waals surface area (Å²) in [6, 6.07) is 1.72. The molecular weight excluding hydrogens is 179 g/mol. The van der Waals surface area contributed by atoms with E-state index in [-0.39, 0.29) is 12.8 Å². The normalized spacial score (nSPS) is 29.3. The molecule has 0 N–H and O–H groups in total. The molecule has 0 aromatic heterocycles. The van der Waals surface area contributed by atoms with Gasteiger partial charge in [-0.05, 0) is 19.8 Å². The highest BCUT2D eigenvalue weighted by molar-refractivity contribution is 5.11. The molecule has 2 atom stereocenters. The zero-order chi connectivity index (χ0) is 10.1. The van der Waals surface area contributed by atoms with Gasteiger partial charge in [0.1, 0.15) is 0 Å². The Kier molecular flexibility index (Phi) is 2.65. The summed E-state index contributed by atoms with van der Waals surface area (Å²) in [6.45, 7) is 1.67. The van der Waals surface area contributed by atoms with Crippen LogP contribution in [0.3, 0.4) is 0 Å². The third-order valence-electron chi connectivity index (χ3n) is 2.33. The van der Waals surface area contributed by atoms with Crippen LogP contribution in [0, 0.1) is 23.2 Å². The van der Waals surface area contributed by atoms with Crippen molar-refractivity contribution >= 4 is 0 Å². The Labute approximate surface area is 74.9 Å². The van der Waals surface area contributed by atoms with Crippen LogP contribution in [0.25, 0.3) is 0 Å². The molecular formula is C9H10F3N. The molecule has 0 aliphatic heterocycles. The first kappa shape index (κ1) is 10.1. The van der Waals surface area contributed by atoms with E-state index in [2.05, 4.69) is 0 Å². The SMILES string of the molecule is CC1=CCC(C#N)C(C(F)(F)F)C1. The van der Waals surface area contributed by atoms with Gasteiger partial charge in [0.05, 0.1) is 17.9 Å². The van der Waals surface area contributed by atoms with Crippen LogP contribution in [-0.4, -0.2) is 6.18 Å². The van der Waals surface area contributed by atoms with Crippen LogP contribution < -0.4 is 0 Å². The highest BCUT2D eigenvalue weighted by Gasteiger charge is 2.45. The number of allylic oxidation sites excluding steroid dienone is 2. The molecule has 1 aliphatic rings. The van der Waals surface area contributed by atoms with Crippen LogP contribution in [0.4, 0.5) is 13.2 Å². The average Bonchev–Trinajstić information content (AvgIpc) is 2.03. The largest absolute Gasteiger partial charge is 0.393 e. The number of nitrogens with zero attached hydrogens (tertiary/aromatic N) is 1. The first-order valence-corrected chi connectivity index (χ1v) is 4.07. The zero-order valence-electron chi connectivity index (χ0n) is 7.23. The van der Waals surface area contributed by atoms with Crippen molar-refractivity contribution in [2.75, 3.05) is 0 Å². The lowest BCUT2D eigenvalue weighted by Crippen LogP contribution is -2.31. The van der Waals surface area contributed by atoms with Gasteiger partial charge >= 0.3 is 6.18 Å². The Balaban J connectivity index is 2.84. The predicted octanol–water partition coefficient (Wildman–Crippen LogP) is 3.04. The fourth-order valence-corrected chi connectivity index (χ4v) is 1.55. The second-order valence-electron chi connectivity index (χ2n) is 3.37. The lowest BCUT2D eigenvalue weighted by Gasteiger charge is -2.27. The lowest BCUT2D eigenvalue weighted by molar-refractivity contribution is -0.184. The minimum Gasteiger partial charge on any atom is -0.198 e. The molecule has 1 aliphatic carbocycles. The lowest BCUT2D eigenvalue weighted by atomic mass is 9.80. The molecule has 0 heterocycles. The first-order valence-electron chi connectivity index (χ1n) is 4.07. The van der Waals surface area contributed by atoms with Crippen molar-refractivity contribution in [2.24, 2.45) is 11.8 Å². The van der Waals surface area contributed by atoms with E-state index in [1.807, 2.05) is 0 Å². The molecule has 72 valence electrons. The maximum Gasteiger partial charge on any atom is 0.393 e. The fourth-order valence-electron chi connectivity index (χ4n) is 1.55. The van der Waals surface area contributed by atoms with E-state index >= 15 is 0 Å². The first-order chi connectivity index (χ1) is 5.95. The molecule has 0 saturated heterocycles. The molecule has 4 heteroatoms. The third kappa shape index (κ3) is 2.24. The molecule has 0 radical (unpaired) electrons. The Morgan fingerprint density at radius 1 is 1.54 bits per heavy atom. The number of nitriles is 1. The molecule has 0 spiro atoms. The van der Waals surface area contributed by atoms with Crippen molar-refractivity contribution in [1.29, 1.82) is 5.26 Å². The minimum absolute atomic E-state index is 0.0261. The quantitative estimate of drug-likeness (QED) is 0.537. The topological polar surface area (TPSA) is 23.8 Å². The standard InChI is InChI=1S/C9H10F3N/c1-6-2-3-7(5-13)8(4-6)9(10,11)12/h2,7-8H,3-4H2,1H3. The van der Waals surface area contributed by atoms with Crippen LogP contribution in [0.15, 0.2) is 11.6 Å². The van der Waals surface area contributed by atoms with Crippen LogP contribution in [0.2, 0.25) is 0 Å². The van der Waals surface area contributed by atoms with Crippen molar-refractivity contribution < 1.29 is 13.2 Å². The Bertz CT molecular complexity index is 259. The molecule has 0 saturated carbocycles. The van der Waals surface area contributed by atoms with Crippen molar-refractivity contribution in [3.05, 3.63) is 11.6 Å². The molecule has 2 unspecified atom stereocenters. The molecule has 0 fully saturated rings. The van der Waals surface area contributed by atoms with E-state index in [9.17, 15) is 13.2 Å². The Morgan fingerprint density at radius 3 is 2.62 bits per heavy atom. The Morgan fingerprint density at radius 2 is 2.15 bits per heavy atom. The fraction of sp³-hybridized carbons (Fsp3) is 0.667. The van der Waals surface area contributed by atoms with Crippen molar-refractivity contribution in [2.45, 2.75) is 25.9 Å². The summed E-state index contributed by atoms with van der Waals surface area (Å²) in [5, 5.41) is 8.53. The van der Waals surface area contributed by atoms with Gasteiger partial charge in [-0.3, -0.25) is 0 Å². The Hall–Kier alpha value is -0.980. The number of hydrogen-bond donors (Lipinski definition) is 0. The smallest absolute Gasteiger partial charge is 0.198 e. The number of hydrogen-bond acceptors (Lipinski definition) is 1. The number of rotatable bonds is 0. The van der Waals surface area contributed by atoms with Gasteiger partial charge in [-0.15, -0.1) is 0 Å². The van der Waals surface area contributed by atoms with Crippen LogP contribution in [-0.2, 0) is 0 Å². The van der Waals surface area contributed by atoms with Gasteiger partial charge in [0.2, 0.25) is 0 Å². The van der Waals surface area contributed by atoms with E-state index < -0.39 is 18.0 Å². The summed E-state index contributed by atoms with van der Waals surface area (Å²) in [6.07, 6.45) is -2.32. The maximum absolute atomic E-state index is 12.4. The van der Waals surface area contributed by atoms with E-state index in [0.717, 1.165) is 5.57 Å². The van der Waals surface area contributed by atoms with Gasteiger partial charge < -0.3 is 0 Å². The molecule has 0 amide bonds. The molecule has 0 bridgehead atoms. The second-order valence-corrected chi connectivity index (χ2v) is 3.37. The van der Waals surface area contributed by atoms with Crippen LogP contribution >= 0.6 is 0 Å². The molecule has 0 aromatic rings. The summed E-state index contributed by atoms with van der Waals surface area (Å²) in [7, 11) is 0. The molecule has 1 nitrogen and oxygen atoms in total. The molecule has 0 aromatic carbocycles. The third-order valence-corrected chi connectivity index (χ3v) is 2.33. The molecule has 1 rings (SSSR count). The average molecular weight is 189 g/mol. The van der Waals surface area contributed by atoms with Crippen molar-refractivity contribution in [3.63, 3.8) is 0 Å². The van der Waals surface area contributed by atoms with Crippen LogP contribution in [0.1, 0.15) is 19.8 Å². The second kappa shape index (κ2) is 3.41. The van der Waals surface area contributed by atoms with E-state index in [1.165, 1.54) is 0 Å². The van der Waals surface area contributed by atoms with Crippen molar-refractivity contribution in [3.8, 4) is 6.07 Å². The zero-order valence-corrected chi connectivity index (χ0v) is 7.23. The monoisotopic (exact) mass is 189 g/mol. The maximum atomic E-state index is 12.4. The summed E-state index contributed by atoms with van der Waals surface area (Å²) >= 11 is 0. The van der Waals surface area contributed by atoms with Gasteiger partial charge in [0.25, 0.3) is 0 Å². The van der Waals surface area contributed by atoms with Gasteiger partial charge in [0.15, 0.2) is 0 Å². The predicted molar refractivity (Wildman–Crippen MR) is 41.6 cm³/mol. The van der Waals surface area contributed by atoms with E-state index in [4.69, 9.17) is 5.26 Å². The van der Waals surface area contributed by atoms with Crippen LogP contribution in [0.5, 0.6) is 0 Å². The summed E-state index contributed by atoms with van der Waals surface area (Å²) in [5.41, 5.74) is 0.730. The van der Waals surface area contributed by atoms with E-state index in [1.54, 1.807) is 19.1 Å². The van der Waals surface area contributed by atoms with Gasteiger partial charge in [-0.25, -0.2) is 0 Å². The summed E-state index contributed by atoms with van der Waals surface area (Å²) < 4.78 is 37.1. The highest BCUT2D eigenvalue weighted by atomic mass is 19.4. The minimum atomic E-state index is -4.24.